The molecule has 12 heavy (non-hydrogen) atoms. The van der Waals surface area contributed by atoms with Crippen LogP contribution >= 0.6 is 11.3 Å². The standard InChI is InChI=1S/C9H14N2S/c1-3-4-5-8(10-2)9-6-12-7-11-9/h3,6-8,10H,1,4-5H2,2H3. The Bertz CT molecular complexity index is 218. The molecule has 0 aromatic carbocycles. The first-order valence-electron chi connectivity index (χ1n) is 4.04. The fraction of sp³-hybridized carbons (Fsp3) is 0.444. The van der Waals surface area contributed by atoms with Crippen LogP contribution in [0, 0.1) is 0 Å². The molecular weight excluding hydrogens is 168 g/mol. The molecule has 0 aliphatic carbocycles. The Morgan fingerprint density at radius 2 is 2.67 bits per heavy atom. The summed E-state index contributed by atoms with van der Waals surface area (Å²) in [7, 11) is 1.97. The van der Waals surface area contributed by atoms with Crippen LogP contribution in [-0.4, -0.2) is 12.0 Å². The van der Waals surface area contributed by atoms with Gasteiger partial charge in [-0.05, 0) is 19.9 Å². The molecule has 3 heteroatoms. The Balaban J connectivity index is 2.51. The van der Waals surface area contributed by atoms with Crippen molar-refractivity contribution in [3.63, 3.8) is 0 Å². The van der Waals surface area contributed by atoms with Crippen molar-refractivity contribution in [1.29, 1.82) is 0 Å². The van der Waals surface area contributed by atoms with Gasteiger partial charge in [0.15, 0.2) is 0 Å². The second-order valence-corrected chi connectivity index (χ2v) is 3.34. The minimum absolute atomic E-state index is 0.384. The molecule has 0 aliphatic heterocycles. The molecular formula is C9H14N2S. The normalized spacial score (nSPS) is 12.8. The lowest BCUT2D eigenvalue weighted by Crippen LogP contribution is -2.16. The van der Waals surface area contributed by atoms with E-state index < -0.39 is 0 Å². The van der Waals surface area contributed by atoms with E-state index in [2.05, 4.69) is 22.3 Å². The molecule has 1 aromatic heterocycles. The number of nitrogens with one attached hydrogen (secondary N) is 1. The van der Waals surface area contributed by atoms with Gasteiger partial charge in [-0.2, -0.15) is 0 Å². The highest BCUT2D eigenvalue weighted by molar-refractivity contribution is 7.07. The highest BCUT2D eigenvalue weighted by Crippen LogP contribution is 2.17. The van der Waals surface area contributed by atoms with E-state index in [-0.39, 0.29) is 0 Å². The minimum atomic E-state index is 0.384. The summed E-state index contributed by atoms with van der Waals surface area (Å²) in [5, 5.41) is 5.32. The maximum absolute atomic E-state index is 4.26. The maximum Gasteiger partial charge on any atom is 0.0795 e. The first-order chi connectivity index (χ1) is 5.88. The molecule has 0 spiro atoms. The molecule has 0 bridgehead atoms. The molecule has 1 unspecified atom stereocenters. The van der Waals surface area contributed by atoms with Crippen LogP contribution in [0.3, 0.4) is 0 Å². The fourth-order valence-corrected chi connectivity index (χ4v) is 1.73. The lowest BCUT2D eigenvalue weighted by Gasteiger charge is -2.11. The van der Waals surface area contributed by atoms with Crippen molar-refractivity contribution in [3.05, 3.63) is 29.2 Å². The monoisotopic (exact) mass is 182 g/mol. The zero-order chi connectivity index (χ0) is 8.81. The van der Waals surface area contributed by atoms with Crippen molar-refractivity contribution in [2.24, 2.45) is 0 Å². The number of hydrogen-bond donors (Lipinski definition) is 1. The van der Waals surface area contributed by atoms with E-state index in [0.717, 1.165) is 18.5 Å². The Morgan fingerprint density at radius 1 is 1.83 bits per heavy atom. The van der Waals surface area contributed by atoms with Gasteiger partial charge in [-0.15, -0.1) is 17.9 Å². The Kier molecular flexibility index (Phi) is 3.97. The van der Waals surface area contributed by atoms with Crippen LogP contribution in [0.5, 0.6) is 0 Å². The topological polar surface area (TPSA) is 24.9 Å². The molecule has 0 fully saturated rings. The van der Waals surface area contributed by atoms with Gasteiger partial charge in [0.2, 0.25) is 0 Å². The van der Waals surface area contributed by atoms with Crippen molar-refractivity contribution in [3.8, 4) is 0 Å². The van der Waals surface area contributed by atoms with E-state index in [9.17, 15) is 0 Å². The summed E-state index contributed by atoms with van der Waals surface area (Å²) in [4.78, 5) is 4.26. The Labute approximate surface area is 77.3 Å². The molecule has 1 atom stereocenters. The van der Waals surface area contributed by atoms with E-state index >= 15 is 0 Å². The van der Waals surface area contributed by atoms with Crippen LogP contribution in [-0.2, 0) is 0 Å². The average molecular weight is 182 g/mol. The van der Waals surface area contributed by atoms with E-state index in [0.29, 0.717) is 6.04 Å². The van der Waals surface area contributed by atoms with Gasteiger partial charge in [0.25, 0.3) is 0 Å². The molecule has 1 heterocycles. The van der Waals surface area contributed by atoms with E-state index in [1.54, 1.807) is 11.3 Å². The summed E-state index contributed by atoms with van der Waals surface area (Å²) in [6.07, 6.45) is 4.05. The summed E-state index contributed by atoms with van der Waals surface area (Å²) in [6, 6.07) is 0.384. The summed E-state index contributed by atoms with van der Waals surface area (Å²) in [5.41, 5.74) is 3.01. The second kappa shape index (κ2) is 5.06. The van der Waals surface area contributed by atoms with Gasteiger partial charge in [0.1, 0.15) is 0 Å². The zero-order valence-electron chi connectivity index (χ0n) is 7.29. The molecule has 0 amide bonds. The lowest BCUT2D eigenvalue weighted by atomic mass is 10.1. The van der Waals surface area contributed by atoms with Crippen molar-refractivity contribution in [2.45, 2.75) is 18.9 Å². The Morgan fingerprint density at radius 3 is 3.17 bits per heavy atom. The smallest absolute Gasteiger partial charge is 0.0795 e. The van der Waals surface area contributed by atoms with Crippen LogP contribution in [0.4, 0.5) is 0 Å². The van der Waals surface area contributed by atoms with Crippen LogP contribution in [0.1, 0.15) is 24.6 Å². The third-order valence-corrected chi connectivity index (χ3v) is 2.42. The van der Waals surface area contributed by atoms with E-state index in [4.69, 9.17) is 0 Å². The summed E-state index contributed by atoms with van der Waals surface area (Å²) in [5.74, 6) is 0. The number of aromatic nitrogens is 1. The highest BCUT2D eigenvalue weighted by Gasteiger charge is 2.08. The first kappa shape index (κ1) is 9.42. The summed E-state index contributed by atoms with van der Waals surface area (Å²) in [6.45, 7) is 3.70. The van der Waals surface area contributed by atoms with Crippen LogP contribution in [0.25, 0.3) is 0 Å². The van der Waals surface area contributed by atoms with Crippen molar-refractivity contribution >= 4 is 11.3 Å². The molecule has 1 rings (SSSR count). The molecule has 2 nitrogen and oxygen atoms in total. The van der Waals surface area contributed by atoms with Gasteiger partial charge in [-0.3, -0.25) is 0 Å². The van der Waals surface area contributed by atoms with Gasteiger partial charge in [0.05, 0.1) is 17.2 Å². The predicted octanol–water partition coefficient (Wildman–Crippen LogP) is 2.37. The van der Waals surface area contributed by atoms with Crippen LogP contribution in [0.2, 0.25) is 0 Å². The van der Waals surface area contributed by atoms with Gasteiger partial charge in [0, 0.05) is 5.38 Å². The van der Waals surface area contributed by atoms with E-state index in [1.807, 2.05) is 18.6 Å². The van der Waals surface area contributed by atoms with Gasteiger partial charge < -0.3 is 5.32 Å². The second-order valence-electron chi connectivity index (χ2n) is 2.62. The number of thiazole rings is 1. The largest absolute Gasteiger partial charge is 0.312 e. The summed E-state index contributed by atoms with van der Waals surface area (Å²) >= 11 is 1.64. The van der Waals surface area contributed by atoms with Crippen molar-refractivity contribution < 1.29 is 0 Å². The van der Waals surface area contributed by atoms with Crippen LogP contribution in [0.15, 0.2) is 23.5 Å². The number of nitrogens with zero attached hydrogens (tertiary/aromatic N) is 1. The van der Waals surface area contributed by atoms with Crippen LogP contribution < -0.4 is 5.32 Å². The first-order valence-corrected chi connectivity index (χ1v) is 4.99. The van der Waals surface area contributed by atoms with Crippen molar-refractivity contribution in [1.82, 2.24) is 10.3 Å². The van der Waals surface area contributed by atoms with Gasteiger partial charge in [-0.1, -0.05) is 6.08 Å². The average Bonchev–Trinajstić information content (AvgIpc) is 2.59. The van der Waals surface area contributed by atoms with E-state index in [1.165, 1.54) is 0 Å². The minimum Gasteiger partial charge on any atom is -0.312 e. The molecule has 1 aromatic rings. The third kappa shape index (κ3) is 2.43. The summed E-state index contributed by atoms with van der Waals surface area (Å²) < 4.78 is 0. The van der Waals surface area contributed by atoms with Gasteiger partial charge in [-0.25, -0.2) is 4.98 Å². The molecule has 0 radical (unpaired) electrons. The third-order valence-electron chi connectivity index (χ3n) is 1.82. The lowest BCUT2D eigenvalue weighted by molar-refractivity contribution is 0.543. The Hall–Kier alpha value is -0.670. The molecule has 1 N–H and O–H groups in total. The zero-order valence-corrected chi connectivity index (χ0v) is 8.10. The molecule has 0 saturated heterocycles. The molecule has 0 aliphatic rings. The van der Waals surface area contributed by atoms with Crippen molar-refractivity contribution in [2.75, 3.05) is 7.05 Å². The molecule has 66 valence electrons. The molecule has 0 saturated carbocycles. The SMILES string of the molecule is C=CCCC(NC)c1cscn1. The predicted molar refractivity (Wildman–Crippen MR) is 53.3 cm³/mol. The quantitative estimate of drug-likeness (QED) is 0.707. The number of rotatable bonds is 5. The highest BCUT2D eigenvalue weighted by atomic mass is 32.1. The maximum atomic E-state index is 4.26. The fourth-order valence-electron chi connectivity index (χ4n) is 1.12. The number of allylic oxidation sites excluding steroid dienone is 1. The number of hydrogen-bond acceptors (Lipinski definition) is 3. The van der Waals surface area contributed by atoms with Gasteiger partial charge >= 0.3 is 0 Å².